The van der Waals surface area contributed by atoms with Crippen LogP contribution in [0.4, 0.5) is 11.6 Å². The van der Waals surface area contributed by atoms with Crippen molar-refractivity contribution in [1.29, 1.82) is 0 Å². The zero-order valence-corrected chi connectivity index (χ0v) is 23.1. The number of piperidine rings is 1. The van der Waals surface area contributed by atoms with Crippen LogP contribution in [0.5, 0.6) is 0 Å². The van der Waals surface area contributed by atoms with Crippen molar-refractivity contribution in [1.82, 2.24) is 34.4 Å². The van der Waals surface area contributed by atoms with Gasteiger partial charge in [0.1, 0.15) is 23.4 Å². The molecule has 218 valence electrons. The molecule has 0 radical (unpaired) electrons. The van der Waals surface area contributed by atoms with Crippen LogP contribution in [-0.4, -0.2) is 92.9 Å². The molecule has 4 aromatic heterocycles. The minimum Gasteiger partial charge on any atom is -0.397 e. The number of imidazole rings is 1. The molecule has 1 unspecified atom stereocenters. The van der Waals surface area contributed by atoms with Gasteiger partial charge in [0.25, 0.3) is 5.56 Å². The number of hydrogen-bond acceptors (Lipinski definition) is 11. The number of pyridine rings is 1. The standard InChI is InChI=1S/C26H33N9O5S/c27-15-4-7-29-23-19(15)31-12-35(23)25-21(38)20(37)16(40-25)11-41-14-5-8-34(9-6-14)17(36)3-1-2-13-10-30-22-18(13)24(39)33-26(28)32-22/h4,7,10,12,14,16,20-21,25,37-38H,1-3,5-6,8-9,11H2,(H2,27,29)(H4,28,30,32,33,39)/t16-,20?,21+,25-/m1/s1. The number of hydrogen-bond donors (Lipinski definition) is 6. The number of carbonyl (C=O) groups excluding carboxylic acids is 1. The van der Waals surface area contributed by atoms with E-state index < -0.39 is 24.5 Å². The third-order valence-corrected chi connectivity index (χ3v) is 9.34. The Bertz CT molecular complexity index is 1610. The van der Waals surface area contributed by atoms with Gasteiger partial charge < -0.3 is 36.3 Å². The number of ether oxygens (including phenoxy) is 1. The fourth-order valence-electron chi connectivity index (χ4n) is 5.64. The first kappa shape index (κ1) is 27.5. The van der Waals surface area contributed by atoms with Crippen LogP contribution in [0.15, 0.2) is 29.6 Å². The Balaban J connectivity index is 0.960. The lowest BCUT2D eigenvalue weighted by Crippen LogP contribution is -2.40. The number of aromatic nitrogens is 6. The fourth-order valence-corrected chi connectivity index (χ4v) is 6.93. The summed E-state index contributed by atoms with van der Waals surface area (Å²) in [4.78, 5) is 45.1. The minimum atomic E-state index is -1.13. The summed E-state index contributed by atoms with van der Waals surface area (Å²) in [6, 6.07) is 1.66. The number of fused-ring (bicyclic) bond motifs is 2. The van der Waals surface area contributed by atoms with E-state index in [2.05, 4.69) is 24.9 Å². The first-order valence-corrected chi connectivity index (χ1v) is 14.7. The van der Waals surface area contributed by atoms with Crippen LogP contribution in [-0.2, 0) is 16.0 Å². The van der Waals surface area contributed by atoms with Crippen LogP contribution in [0.2, 0.25) is 0 Å². The maximum atomic E-state index is 12.8. The zero-order chi connectivity index (χ0) is 28.7. The Labute approximate surface area is 238 Å². The lowest BCUT2D eigenvalue weighted by atomic mass is 10.1. The van der Waals surface area contributed by atoms with Crippen LogP contribution in [0.25, 0.3) is 22.2 Å². The van der Waals surface area contributed by atoms with Crippen molar-refractivity contribution >= 4 is 51.5 Å². The predicted octanol–water partition coefficient (Wildman–Crippen LogP) is 0.527. The number of nitrogen functional groups attached to an aromatic ring is 2. The summed E-state index contributed by atoms with van der Waals surface area (Å²) in [6.45, 7) is 1.33. The van der Waals surface area contributed by atoms with Crippen molar-refractivity contribution in [3.05, 3.63) is 40.7 Å². The topological polar surface area (TPSA) is 214 Å². The van der Waals surface area contributed by atoms with Crippen LogP contribution in [0.3, 0.4) is 0 Å². The highest BCUT2D eigenvalue weighted by atomic mass is 32.2. The van der Waals surface area contributed by atoms with Crippen molar-refractivity contribution in [2.24, 2.45) is 0 Å². The van der Waals surface area contributed by atoms with Crippen LogP contribution < -0.4 is 17.0 Å². The number of likely N-dealkylation sites (tertiary alicyclic amines) is 1. The van der Waals surface area contributed by atoms with Gasteiger partial charge in [0.2, 0.25) is 11.9 Å². The van der Waals surface area contributed by atoms with Gasteiger partial charge in [0.15, 0.2) is 11.9 Å². The number of nitrogens with one attached hydrogen (secondary N) is 2. The van der Waals surface area contributed by atoms with Gasteiger partial charge in [-0.15, -0.1) is 0 Å². The highest BCUT2D eigenvalue weighted by Crippen LogP contribution is 2.35. The van der Waals surface area contributed by atoms with E-state index in [-0.39, 0.29) is 17.4 Å². The monoisotopic (exact) mass is 583 g/mol. The SMILES string of the molecule is Nc1nc2[nH]cc(CCCC(=O)N3CCC(SC[C@H]4O[C@@H](n5cnc6c(N)ccnc65)[C@@H](O)C4O)CC3)c2c(=O)[nH]1. The minimum absolute atomic E-state index is 0.0631. The number of carbonyl (C=O) groups is 1. The molecule has 0 saturated carbocycles. The van der Waals surface area contributed by atoms with Crippen molar-refractivity contribution in [2.75, 3.05) is 30.3 Å². The molecule has 4 atom stereocenters. The number of rotatable bonds is 8. The van der Waals surface area contributed by atoms with Gasteiger partial charge in [-0.2, -0.15) is 16.7 Å². The van der Waals surface area contributed by atoms with E-state index in [1.54, 1.807) is 34.8 Å². The summed E-state index contributed by atoms with van der Waals surface area (Å²) in [6.07, 6.45) is 4.58. The second kappa shape index (κ2) is 11.3. The molecule has 41 heavy (non-hydrogen) atoms. The smallest absolute Gasteiger partial charge is 0.262 e. The number of aryl methyl sites for hydroxylation is 1. The molecule has 0 aliphatic carbocycles. The normalized spacial score (nSPS) is 23.6. The third-order valence-electron chi connectivity index (χ3n) is 7.87. The number of thioether (sulfide) groups is 1. The second-order valence-electron chi connectivity index (χ2n) is 10.5. The molecule has 14 nitrogen and oxygen atoms in total. The van der Waals surface area contributed by atoms with Gasteiger partial charge in [0.05, 0.1) is 23.5 Å². The Kier molecular flexibility index (Phi) is 7.59. The van der Waals surface area contributed by atoms with Crippen molar-refractivity contribution in [3.63, 3.8) is 0 Å². The Hall–Kier alpha value is -3.66. The number of anilines is 2. The molecule has 1 amide bonds. The molecule has 0 aromatic carbocycles. The maximum Gasteiger partial charge on any atom is 0.262 e. The molecule has 2 aliphatic heterocycles. The van der Waals surface area contributed by atoms with E-state index in [0.29, 0.717) is 71.2 Å². The Morgan fingerprint density at radius 2 is 2.00 bits per heavy atom. The highest BCUT2D eigenvalue weighted by molar-refractivity contribution is 7.99. The molecular weight excluding hydrogens is 550 g/mol. The Morgan fingerprint density at radius 3 is 2.80 bits per heavy atom. The maximum absolute atomic E-state index is 12.8. The van der Waals surface area contributed by atoms with E-state index >= 15 is 0 Å². The molecule has 2 fully saturated rings. The molecule has 6 heterocycles. The molecule has 6 rings (SSSR count). The average Bonchev–Trinajstić information content (AvgIpc) is 3.65. The van der Waals surface area contributed by atoms with Gasteiger partial charge in [0, 0.05) is 42.9 Å². The van der Waals surface area contributed by atoms with Gasteiger partial charge in [-0.1, -0.05) is 0 Å². The molecule has 8 N–H and O–H groups in total. The lowest BCUT2D eigenvalue weighted by Gasteiger charge is -2.32. The van der Waals surface area contributed by atoms with Gasteiger partial charge in [-0.05, 0) is 37.3 Å². The molecule has 15 heteroatoms. The predicted molar refractivity (Wildman–Crippen MR) is 154 cm³/mol. The average molecular weight is 584 g/mol. The van der Waals surface area contributed by atoms with E-state index in [1.165, 1.54) is 6.33 Å². The lowest BCUT2D eigenvalue weighted by molar-refractivity contribution is -0.132. The van der Waals surface area contributed by atoms with Gasteiger partial charge in [-0.25, -0.2) is 9.97 Å². The third kappa shape index (κ3) is 5.37. The van der Waals surface area contributed by atoms with Gasteiger partial charge >= 0.3 is 0 Å². The first-order valence-electron chi connectivity index (χ1n) is 13.6. The number of nitrogens with zero attached hydrogens (tertiary/aromatic N) is 5. The van der Waals surface area contributed by atoms with Crippen molar-refractivity contribution in [2.45, 2.75) is 61.9 Å². The summed E-state index contributed by atoms with van der Waals surface area (Å²) in [5, 5.41) is 22.2. The van der Waals surface area contributed by atoms with Crippen molar-refractivity contribution in [3.8, 4) is 0 Å². The van der Waals surface area contributed by atoms with E-state index in [4.69, 9.17) is 16.2 Å². The Morgan fingerprint density at radius 1 is 1.20 bits per heavy atom. The molecular formula is C26H33N9O5S. The first-order chi connectivity index (χ1) is 19.8. The van der Waals surface area contributed by atoms with E-state index in [9.17, 15) is 19.8 Å². The summed E-state index contributed by atoms with van der Waals surface area (Å²) >= 11 is 1.69. The van der Waals surface area contributed by atoms with E-state index in [1.807, 2.05) is 4.90 Å². The van der Waals surface area contributed by atoms with Crippen molar-refractivity contribution < 1.29 is 19.7 Å². The van der Waals surface area contributed by atoms with Crippen LogP contribution in [0.1, 0.15) is 37.5 Å². The molecule has 0 spiro atoms. The summed E-state index contributed by atoms with van der Waals surface area (Å²) < 4.78 is 7.68. The number of aliphatic hydroxyl groups excluding tert-OH is 2. The largest absolute Gasteiger partial charge is 0.397 e. The fraction of sp³-hybridized carbons (Fsp3) is 0.500. The molecule has 2 saturated heterocycles. The number of nitrogens with two attached hydrogens (primary N) is 2. The zero-order valence-electron chi connectivity index (χ0n) is 22.3. The summed E-state index contributed by atoms with van der Waals surface area (Å²) in [7, 11) is 0. The van der Waals surface area contributed by atoms with Gasteiger partial charge in [-0.3, -0.25) is 19.1 Å². The number of H-pyrrole nitrogens is 2. The van der Waals surface area contributed by atoms with E-state index in [0.717, 1.165) is 18.4 Å². The summed E-state index contributed by atoms with van der Waals surface area (Å²) in [5.74, 6) is 0.680. The summed E-state index contributed by atoms with van der Waals surface area (Å²) in [5.41, 5.74) is 14.0. The number of aliphatic hydroxyl groups is 2. The molecule has 0 bridgehead atoms. The quantitative estimate of drug-likeness (QED) is 0.168. The van der Waals surface area contributed by atoms with Crippen LogP contribution >= 0.6 is 11.8 Å². The van der Waals surface area contributed by atoms with Crippen LogP contribution in [0, 0.1) is 0 Å². The number of aromatic amines is 2. The number of amides is 1. The molecule has 4 aromatic rings. The second-order valence-corrected chi connectivity index (χ2v) is 11.9. The highest BCUT2D eigenvalue weighted by Gasteiger charge is 2.44. The molecule has 2 aliphatic rings.